The van der Waals surface area contributed by atoms with Crippen molar-refractivity contribution in [3.05, 3.63) is 68.6 Å². The van der Waals surface area contributed by atoms with E-state index in [-0.39, 0.29) is 0 Å². The highest BCUT2D eigenvalue weighted by atomic mass is 79.9. The van der Waals surface area contributed by atoms with Gasteiger partial charge in [0.05, 0.1) is 0 Å². The van der Waals surface area contributed by atoms with Gasteiger partial charge >= 0.3 is 0 Å². The van der Waals surface area contributed by atoms with Crippen molar-refractivity contribution in [2.75, 3.05) is 0 Å². The molecule has 0 aliphatic carbocycles. The predicted octanol–water partition coefficient (Wildman–Crippen LogP) is 5.06. The number of hydrogen-bond acceptors (Lipinski definition) is 1. The van der Waals surface area contributed by atoms with Crippen LogP contribution in [0.1, 0.15) is 24.1 Å². The van der Waals surface area contributed by atoms with Gasteiger partial charge in [-0.2, -0.15) is 0 Å². The van der Waals surface area contributed by atoms with Crippen molar-refractivity contribution < 1.29 is 0 Å². The summed E-state index contributed by atoms with van der Waals surface area (Å²) in [5.74, 6) is 0. The van der Waals surface area contributed by atoms with E-state index < -0.39 is 0 Å². The van der Waals surface area contributed by atoms with Crippen LogP contribution in [0.15, 0.2) is 57.5 Å². The van der Waals surface area contributed by atoms with Gasteiger partial charge in [0.25, 0.3) is 0 Å². The average Bonchev–Trinajstić information content (AvgIpc) is 2.38. The molecule has 0 spiro atoms. The third kappa shape index (κ3) is 3.94. The van der Waals surface area contributed by atoms with Crippen LogP contribution >= 0.6 is 31.9 Å². The van der Waals surface area contributed by atoms with E-state index in [4.69, 9.17) is 0 Å². The minimum atomic E-state index is 0.349. The van der Waals surface area contributed by atoms with Crippen LogP contribution in [-0.2, 0) is 6.54 Å². The van der Waals surface area contributed by atoms with Gasteiger partial charge in [0.15, 0.2) is 0 Å². The Morgan fingerprint density at radius 3 is 1.94 bits per heavy atom. The fourth-order valence-electron chi connectivity index (χ4n) is 1.74. The summed E-state index contributed by atoms with van der Waals surface area (Å²) in [5.41, 5.74) is 2.59. The zero-order valence-electron chi connectivity index (χ0n) is 10.2. The summed E-state index contributed by atoms with van der Waals surface area (Å²) < 4.78 is 2.23. The first kappa shape index (κ1) is 13.8. The standard InChI is InChI=1S/C15H15Br2N/c1-11(13-4-8-15(17)9-5-13)18-10-12-2-6-14(16)7-3-12/h2-9,11,18H,10H2,1H3/t11-/m1/s1. The van der Waals surface area contributed by atoms with Gasteiger partial charge < -0.3 is 5.32 Å². The first-order valence-electron chi connectivity index (χ1n) is 5.88. The van der Waals surface area contributed by atoms with Crippen LogP contribution in [0.25, 0.3) is 0 Å². The topological polar surface area (TPSA) is 12.0 Å². The van der Waals surface area contributed by atoms with Gasteiger partial charge in [-0.1, -0.05) is 56.1 Å². The maximum absolute atomic E-state index is 3.52. The summed E-state index contributed by atoms with van der Waals surface area (Å²) >= 11 is 6.90. The fraction of sp³-hybridized carbons (Fsp3) is 0.200. The molecule has 0 amide bonds. The minimum Gasteiger partial charge on any atom is -0.306 e. The molecule has 1 nitrogen and oxygen atoms in total. The molecule has 0 radical (unpaired) electrons. The molecule has 0 bridgehead atoms. The maximum atomic E-state index is 3.52. The molecule has 2 aromatic rings. The van der Waals surface area contributed by atoms with Crippen molar-refractivity contribution in [2.24, 2.45) is 0 Å². The van der Waals surface area contributed by atoms with Crippen LogP contribution in [0.2, 0.25) is 0 Å². The fourth-order valence-corrected chi connectivity index (χ4v) is 2.27. The summed E-state index contributed by atoms with van der Waals surface area (Å²) in [6.45, 7) is 3.06. The van der Waals surface area contributed by atoms with E-state index in [9.17, 15) is 0 Å². The van der Waals surface area contributed by atoms with Crippen LogP contribution < -0.4 is 5.32 Å². The largest absolute Gasteiger partial charge is 0.306 e. The molecule has 0 heterocycles. The van der Waals surface area contributed by atoms with Crippen LogP contribution in [0.5, 0.6) is 0 Å². The molecule has 0 unspecified atom stereocenters. The Labute approximate surface area is 125 Å². The summed E-state index contributed by atoms with van der Waals surface area (Å²) in [6.07, 6.45) is 0. The van der Waals surface area contributed by atoms with Crippen molar-refractivity contribution in [2.45, 2.75) is 19.5 Å². The van der Waals surface area contributed by atoms with Crippen molar-refractivity contribution in [1.82, 2.24) is 5.32 Å². The number of benzene rings is 2. The molecule has 1 atom stereocenters. The Balaban J connectivity index is 1.93. The normalized spacial score (nSPS) is 12.4. The monoisotopic (exact) mass is 367 g/mol. The summed E-state index contributed by atoms with van der Waals surface area (Å²) in [4.78, 5) is 0. The number of rotatable bonds is 4. The van der Waals surface area contributed by atoms with Gasteiger partial charge in [0.2, 0.25) is 0 Å². The lowest BCUT2D eigenvalue weighted by Crippen LogP contribution is -2.17. The van der Waals surface area contributed by atoms with Crippen molar-refractivity contribution in [3.63, 3.8) is 0 Å². The van der Waals surface area contributed by atoms with Gasteiger partial charge in [-0.05, 0) is 42.3 Å². The lowest BCUT2D eigenvalue weighted by Gasteiger charge is -2.14. The molecule has 0 aliphatic heterocycles. The summed E-state index contributed by atoms with van der Waals surface area (Å²) in [7, 11) is 0. The van der Waals surface area contributed by atoms with Crippen LogP contribution in [-0.4, -0.2) is 0 Å². The Hall–Kier alpha value is -0.640. The quantitative estimate of drug-likeness (QED) is 0.794. The summed E-state index contributed by atoms with van der Waals surface area (Å²) in [5, 5.41) is 3.52. The third-order valence-electron chi connectivity index (χ3n) is 2.90. The second kappa shape index (κ2) is 6.50. The molecule has 0 aliphatic rings. The Kier molecular flexibility index (Phi) is 4.98. The van der Waals surface area contributed by atoms with Crippen LogP contribution in [0, 0.1) is 0 Å². The van der Waals surface area contributed by atoms with E-state index in [1.807, 2.05) is 0 Å². The van der Waals surface area contributed by atoms with Gasteiger partial charge in [0, 0.05) is 21.5 Å². The molecule has 0 fully saturated rings. The highest BCUT2D eigenvalue weighted by Crippen LogP contribution is 2.17. The molecule has 3 heteroatoms. The van der Waals surface area contributed by atoms with Gasteiger partial charge in [-0.15, -0.1) is 0 Å². The first-order valence-corrected chi connectivity index (χ1v) is 7.47. The lowest BCUT2D eigenvalue weighted by atomic mass is 10.1. The Bertz CT molecular complexity index is 491. The van der Waals surface area contributed by atoms with Crippen molar-refractivity contribution >= 4 is 31.9 Å². The van der Waals surface area contributed by atoms with E-state index in [1.165, 1.54) is 11.1 Å². The highest BCUT2D eigenvalue weighted by Gasteiger charge is 2.04. The summed E-state index contributed by atoms with van der Waals surface area (Å²) in [6, 6.07) is 17.2. The van der Waals surface area contributed by atoms with Crippen LogP contribution in [0.3, 0.4) is 0 Å². The smallest absolute Gasteiger partial charge is 0.0294 e. The molecule has 0 aromatic heterocycles. The second-order valence-electron chi connectivity index (χ2n) is 4.28. The molecular formula is C15H15Br2N. The van der Waals surface area contributed by atoms with Crippen molar-refractivity contribution in [1.29, 1.82) is 0 Å². The zero-order chi connectivity index (χ0) is 13.0. The molecule has 0 saturated heterocycles. The maximum Gasteiger partial charge on any atom is 0.0294 e. The lowest BCUT2D eigenvalue weighted by molar-refractivity contribution is 0.574. The van der Waals surface area contributed by atoms with Gasteiger partial charge in [-0.3, -0.25) is 0 Å². The molecule has 2 aromatic carbocycles. The van der Waals surface area contributed by atoms with Gasteiger partial charge in [0.1, 0.15) is 0 Å². The Morgan fingerprint density at radius 1 is 0.889 bits per heavy atom. The van der Waals surface area contributed by atoms with Gasteiger partial charge in [-0.25, -0.2) is 0 Å². The van der Waals surface area contributed by atoms with E-state index >= 15 is 0 Å². The average molecular weight is 369 g/mol. The van der Waals surface area contributed by atoms with Crippen molar-refractivity contribution in [3.8, 4) is 0 Å². The molecule has 0 saturated carbocycles. The predicted molar refractivity (Wildman–Crippen MR) is 83.5 cm³/mol. The van der Waals surface area contributed by atoms with E-state index in [0.717, 1.165) is 15.5 Å². The van der Waals surface area contributed by atoms with E-state index in [0.29, 0.717) is 6.04 Å². The SMILES string of the molecule is C[C@@H](NCc1ccc(Br)cc1)c1ccc(Br)cc1. The molecule has 18 heavy (non-hydrogen) atoms. The van der Waals surface area contributed by atoms with E-state index in [2.05, 4.69) is 92.6 Å². The third-order valence-corrected chi connectivity index (χ3v) is 3.95. The molecule has 94 valence electrons. The number of hydrogen-bond donors (Lipinski definition) is 1. The molecule has 2 rings (SSSR count). The second-order valence-corrected chi connectivity index (χ2v) is 6.11. The van der Waals surface area contributed by atoms with Crippen LogP contribution in [0.4, 0.5) is 0 Å². The highest BCUT2D eigenvalue weighted by molar-refractivity contribution is 9.10. The van der Waals surface area contributed by atoms with E-state index in [1.54, 1.807) is 0 Å². The number of nitrogens with one attached hydrogen (secondary N) is 1. The number of halogens is 2. The first-order chi connectivity index (χ1) is 8.65. The molecule has 1 N–H and O–H groups in total. The zero-order valence-corrected chi connectivity index (χ0v) is 13.3. The minimum absolute atomic E-state index is 0.349. The Morgan fingerprint density at radius 2 is 1.39 bits per heavy atom. The molecular weight excluding hydrogens is 354 g/mol.